The topological polar surface area (TPSA) is 167 Å². The lowest BCUT2D eigenvalue weighted by Gasteiger charge is -2.36. The molecule has 286 valence electrons. The van der Waals surface area contributed by atoms with E-state index >= 15 is 0 Å². The highest BCUT2D eigenvalue weighted by Crippen LogP contribution is 2.40. The summed E-state index contributed by atoms with van der Waals surface area (Å²) in [4.78, 5) is 24.9. The number of nitrogen functional groups attached to an aromatic ring is 1. The van der Waals surface area contributed by atoms with Gasteiger partial charge in [-0.2, -0.15) is 4.68 Å². The number of rotatable bonds is 15. The van der Waals surface area contributed by atoms with Gasteiger partial charge in [0.25, 0.3) is 0 Å². The van der Waals surface area contributed by atoms with Crippen molar-refractivity contribution in [3.63, 3.8) is 0 Å². The van der Waals surface area contributed by atoms with Gasteiger partial charge in [0, 0.05) is 37.1 Å². The van der Waals surface area contributed by atoms with Crippen LogP contribution in [0, 0.1) is 0 Å². The SMILES string of the molecule is Nc1ccccc1NC(=O)CCCC(=O)NCc1cccc(-c2ccc([C@H]3O[C@@H](CSc4nnnn4-c4ccccc4)C[C@@H](c4ccc(CO)cc4)O3)cc2)c1. The molecule has 6 aromatic rings. The van der Waals surface area contributed by atoms with E-state index in [1.165, 1.54) is 11.8 Å². The van der Waals surface area contributed by atoms with Crippen molar-refractivity contribution in [2.75, 3.05) is 16.8 Å². The molecule has 7 rings (SSSR count). The zero-order valence-electron chi connectivity index (χ0n) is 30.7. The number of nitrogens with zero attached hydrogens (tertiary/aromatic N) is 4. The number of carbonyl (C=O) groups excluding carboxylic acids is 2. The van der Waals surface area contributed by atoms with Gasteiger partial charge < -0.3 is 30.9 Å². The molecular weight excluding hydrogens is 727 g/mol. The number of hydrogen-bond donors (Lipinski definition) is 4. The van der Waals surface area contributed by atoms with Gasteiger partial charge in [-0.25, -0.2) is 0 Å². The van der Waals surface area contributed by atoms with Gasteiger partial charge in [0.05, 0.1) is 35.9 Å². The van der Waals surface area contributed by atoms with E-state index in [4.69, 9.17) is 15.2 Å². The molecule has 0 unspecified atom stereocenters. The summed E-state index contributed by atoms with van der Waals surface area (Å²) in [6, 6.07) is 40.9. The predicted molar refractivity (Wildman–Crippen MR) is 215 cm³/mol. The summed E-state index contributed by atoms with van der Waals surface area (Å²) in [5, 5.41) is 28.4. The van der Waals surface area contributed by atoms with Crippen LogP contribution in [0.25, 0.3) is 16.8 Å². The van der Waals surface area contributed by atoms with Crippen molar-refractivity contribution in [2.24, 2.45) is 0 Å². The number of benzene rings is 5. The average molecular weight is 770 g/mol. The van der Waals surface area contributed by atoms with Gasteiger partial charge in [0.15, 0.2) is 6.29 Å². The molecule has 1 aromatic heterocycles. The minimum Gasteiger partial charge on any atom is -0.397 e. The Hall–Kier alpha value is -5.86. The molecular formula is C43H43N7O5S. The van der Waals surface area contributed by atoms with Crippen LogP contribution >= 0.6 is 11.8 Å². The summed E-state index contributed by atoms with van der Waals surface area (Å²) in [5.74, 6) is 0.314. The summed E-state index contributed by atoms with van der Waals surface area (Å²) < 4.78 is 14.9. The Morgan fingerprint density at radius 1 is 0.804 bits per heavy atom. The molecule has 0 bridgehead atoms. The van der Waals surface area contributed by atoms with Crippen LogP contribution in [0.3, 0.4) is 0 Å². The molecule has 0 saturated carbocycles. The Kier molecular flexibility index (Phi) is 12.8. The molecule has 13 heteroatoms. The maximum atomic E-state index is 12.6. The van der Waals surface area contributed by atoms with Crippen LogP contribution in [0.2, 0.25) is 0 Å². The number of amides is 2. The van der Waals surface area contributed by atoms with Crippen molar-refractivity contribution < 1.29 is 24.2 Å². The molecule has 1 aliphatic heterocycles. The number of tetrazole rings is 1. The highest BCUT2D eigenvalue weighted by Gasteiger charge is 2.32. The molecule has 5 aromatic carbocycles. The molecule has 56 heavy (non-hydrogen) atoms. The molecule has 0 spiro atoms. The predicted octanol–water partition coefficient (Wildman–Crippen LogP) is 7.17. The molecule has 12 nitrogen and oxygen atoms in total. The lowest BCUT2D eigenvalue weighted by molar-refractivity contribution is -0.245. The Balaban J connectivity index is 0.964. The highest BCUT2D eigenvalue weighted by molar-refractivity contribution is 7.99. The van der Waals surface area contributed by atoms with Crippen LogP contribution in [0.15, 0.2) is 133 Å². The number of aliphatic hydroxyl groups is 1. The highest BCUT2D eigenvalue weighted by atomic mass is 32.2. The van der Waals surface area contributed by atoms with Gasteiger partial charge in [0.1, 0.15) is 0 Å². The third kappa shape index (κ3) is 10.1. The van der Waals surface area contributed by atoms with Crippen LogP contribution < -0.4 is 16.4 Å². The number of carbonyl (C=O) groups is 2. The third-order valence-electron chi connectivity index (χ3n) is 9.43. The number of thioether (sulfide) groups is 1. The molecule has 1 saturated heterocycles. The van der Waals surface area contributed by atoms with Crippen LogP contribution in [0.5, 0.6) is 0 Å². The molecule has 3 atom stereocenters. The van der Waals surface area contributed by atoms with Crippen LogP contribution in [-0.4, -0.2) is 49.0 Å². The number of nitrogens with one attached hydrogen (secondary N) is 2. The smallest absolute Gasteiger partial charge is 0.224 e. The second-order valence-electron chi connectivity index (χ2n) is 13.5. The summed E-state index contributed by atoms with van der Waals surface area (Å²) in [7, 11) is 0. The van der Waals surface area contributed by atoms with Gasteiger partial charge in [0.2, 0.25) is 17.0 Å². The maximum Gasteiger partial charge on any atom is 0.224 e. The maximum absolute atomic E-state index is 12.6. The first-order valence-electron chi connectivity index (χ1n) is 18.5. The number of aliphatic hydroxyl groups excluding tert-OH is 1. The second-order valence-corrected chi connectivity index (χ2v) is 14.4. The van der Waals surface area contributed by atoms with E-state index in [2.05, 4.69) is 32.2 Å². The quantitative estimate of drug-likeness (QED) is 0.0622. The number of nitrogens with two attached hydrogens (primary N) is 1. The Morgan fingerprint density at radius 3 is 2.34 bits per heavy atom. The summed E-state index contributed by atoms with van der Waals surface area (Å²) in [6.07, 6.45) is 0.518. The first-order valence-corrected chi connectivity index (χ1v) is 19.5. The molecule has 0 aliphatic carbocycles. The lowest BCUT2D eigenvalue weighted by Crippen LogP contribution is -2.31. The fraction of sp³-hybridized carbons (Fsp3) is 0.233. The lowest BCUT2D eigenvalue weighted by atomic mass is 9.99. The Bertz CT molecular complexity index is 2220. The number of anilines is 2. The van der Waals surface area contributed by atoms with Gasteiger partial charge in [-0.3, -0.25) is 9.59 Å². The fourth-order valence-electron chi connectivity index (χ4n) is 6.41. The van der Waals surface area contributed by atoms with Crippen LogP contribution in [0.1, 0.15) is 60.3 Å². The standard InChI is InChI=1S/C43H43N7O5S/c44-37-12-4-5-13-38(37)46-41(53)15-7-14-40(52)45-26-30-8-6-9-34(24-30)31-20-22-33(23-21-31)42-54-36(25-39(55-42)32-18-16-29(27-51)17-19-32)28-56-43-47-48-49-50(43)35-10-2-1-3-11-35/h1-6,8-13,16-24,36,39,42,51H,7,14-15,25-28,44H2,(H,45,52)(H,46,53)/t36-,39+,42+/m1/s1. The Morgan fingerprint density at radius 2 is 1.55 bits per heavy atom. The minimum absolute atomic E-state index is 0.0230. The molecule has 0 radical (unpaired) electrons. The van der Waals surface area contributed by atoms with E-state index in [0.29, 0.717) is 41.7 Å². The summed E-state index contributed by atoms with van der Waals surface area (Å²) >= 11 is 1.53. The molecule has 5 N–H and O–H groups in total. The number of hydrogen-bond acceptors (Lipinski definition) is 10. The fourth-order valence-corrected chi connectivity index (χ4v) is 7.31. The third-order valence-corrected chi connectivity index (χ3v) is 10.5. The number of ether oxygens (including phenoxy) is 2. The van der Waals surface area contributed by atoms with E-state index in [-0.39, 0.29) is 43.5 Å². The zero-order chi connectivity index (χ0) is 38.7. The van der Waals surface area contributed by atoms with Crippen molar-refractivity contribution in [1.82, 2.24) is 25.5 Å². The van der Waals surface area contributed by atoms with Gasteiger partial charge >= 0.3 is 0 Å². The monoisotopic (exact) mass is 769 g/mol. The first kappa shape index (κ1) is 38.4. The van der Waals surface area contributed by atoms with Crippen molar-refractivity contribution in [3.8, 4) is 16.8 Å². The van der Waals surface area contributed by atoms with Gasteiger partial charge in [-0.15, -0.1) is 5.10 Å². The van der Waals surface area contributed by atoms with E-state index < -0.39 is 6.29 Å². The van der Waals surface area contributed by atoms with E-state index in [1.54, 1.807) is 28.9 Å². The van der Waals surface area contributed by atoms with E-state index in [9.17, 15) is 14.7 Å². The minimum atomic E-state index is -0.611. The van der Waals surface area contributed by atoms with E-state index in [0.717, 1.165) is 39.1 Å². The van der Waals surface area contributed by atoms with Crippen LogP contribution in [-0.2, 0) is 32.2 Å². The van der Waals surface area contributed by atoms with Crippen LogP contribution in [0.4, 0.5) is 11.4 Å². The molecule has 2 amide bonds. The summed E-state index contributed by atoms with van der Waals surface area (Å²) in [5.41, 5.74) is 13.6. The first-order chi connectivity index (χ1) is 27.4. The van der Waals surface area contributed by atoms with Crippen molar-refractivity contribution in [1.29, 1.82) is 0 Å². The normalized spacial score (nSPS) is 16.6. The van der Waals surface area contributed by atoms with Gasteiger partial charge in [-0.05, 0) is 75.0 Å². The van der Waals surface area contributed by atoms with Crippen molar-refractivity contribution >= 4 is 35.0 Å². The second kappa shape index (κ2) is 18.7. The van der Waals surface area contributed by atoms with E-state index in [1.807, 2.05) is 97.1 Å². The van der Waals surface area contributed by atoms with Gasteiger partial charge in [-0.1, -0.05) is 109 Å². The molecule has 2 heterocycles. The largest absolute Gasteiger partial charge is 0.397 e. The zero-order valence-corrected chi connectivity index (χ0v) is 31.5. The molecule has 1 aliphatic rings. The number of aromatic nitrogens is 4. The summed E-state index contributed by atoms with van der Waals surface area (Å²) in [6.45, 7) is 0.351. The van der Waals surface area contributed by atoms with Crippen molar-refractivity contribution in [3.05, 3.63) is 150 Å². The van der Waals surface area contributed by atoms with Crippen molar-refractivity contribution in [2.45, 2.75) is 62.5 Å². The number of para-hydroxylation sites is 3. The molecule has 1 fully saturated rings. The average Bonchev–Trinajstić information content (AvgIpc) is 3.72. The Labute approximate surface area is 329 Å².